The van der Waals surface area contributed by atoms with E-state index in [9.17, 15) is 9.59 Å². The molecule has 154 valence electrons. The van der Waals surface area contributed by atoms with Crippen molar-refractivity contribution in [3.63, 3.8) is 0 Å². The molecule has 2 heteroatoms. The van der Waals surface area contributed by atoms with Gasteiger partial charge in [-0.15, -0.1) is 0 Å². The van der Waals surface area contributed by atoms with Crippen LogP contribution in [-0.2, 0) is 9.59 Å². The fraction of sp³-hybridized carbons (Fsp3) is 0.846. The summed E-state index contributed by atoms with van der Waals surface area (Å²) in [7, 11) is 0. The Bertz CT molecular complexity index is 750. The van der Waals surface area contributed by atoms with Gasteiger partial charge in [0, 0.05) is 11.8 Å². The minimum absolute atomic E-state index is 0.0690. The first-order valence-corrected chi connectivity index (χ1v) is 12.0. The van der Waals surface area contributed by atoms with Gasteiger partial charge in [-0.2, -0.15) is 0 Å². The van der Waals surface area contributed by atoms with E-state index < -0.39 is 0 Å². The normalized spacial score (nSPS) is 52.8. The maximum absolute atomic E-state index is 13.3. The fourth-order valence-corrected chi connectivity index (χ4v) is 10.0. The molecule has 0 aromatic rings. The van der Waals surface area contributed by atoms with E-state index in [-0.39, 0.29) is 16.2 Å². The van der Waals surface area contributed by atoms with Crippen molar-refractivity contribution in [3.8, 4) is 0 Å². The molecule has 0 unspecified atom stereocenters. The third kappa shape index (κ3) is 2.11. The number of allylic oxidation sites excluding steroid dienone is 1. The molecule has 28 heavy (non-hydrogen) atoms. The van der Waals surface area contributed by atoms with E-state index in [0.29, 0.717) is 29.3 Å². The lowest BCUT2D eigenvalue weighted by Crippen LogP contribution is -2.57. The minimum Gasteiger partial charge on any atom is -0.299 e. The van der Waals surface area contributed by atoms with E-state index in [1.807, 2.05) is 13.0 Å². The Morgan fingerprint density at radius 2 is 1.82 bits per heavy atom. The summed E-state index contributed by atoms with van der Waals surface area (Å²) in [6.07, 6.45) is 13.7. The third-order valence-corrected chi connectivity index (χ3v) is 11.0. The van der Waals surface area contributed by atoms with Crippen LogP contribution in [0.15, 0.2) is 11.6 Å². The molecule has 0 N–H and O–H groups in total. The second kappa shape index (κ2) is 6.05. The summed E-state index contributed by atoms with van der Waals surface area (Å²) in [5, 5.41) is 0. The lowest BCUT2D eigenvalue weighted by molar-refractivity contribution is -0.156. The molecule has 2 nitrogen and oxygen atoms in total. The van der Waals surface area contributed by atoms with Gasteiger partial charge in [0.05, 0.1) is 0 Å². The Hall–Kier alpha value is -0.920. The summed E-state index contributed by atoms with van der Waals surface area (Å²) < 4.78 is 0. The van der Waals surface area contributed by atoms with Crippen molar-refractivity contribution in [1.82, 2.24) is 0 Å². The first kappa shape index (κ1) is 19.1. The average Bonchev–Trinajstić information content (AvgIpc) is 2.93. The maximum Gasteiger partial charge on any atom is 0.155 e. The van der Waals surface area contributed by atoms with E-state index in [4.69, 9.17) is 0 Å². The average molecular weight is 383 g/mol. The van der Waals surface area contributed by atoms with E-state index >= 15 is 0 Å². The molecule has 0 radical (unpaired) electrons. The molecule has 0 bridgehead atoms. The van der Waals surface area contributed by atoms with Crippen molar-refractivity contribution in [1.29, 1.82) is 0 Å². The molecule has 0 aliphatic heterocycles. The standard InChI is InChI=1S/C26H38O2/c1-16-6-5-7-19-15-23-21-9-8-18-14-20(28)10-12-24(18,3)22(21)11-13-25(23,4)26(16,19)17(2)27/h14,16,19,21-23H,5-13,15H2,1-4H3/t16-,19+,21+,22-,23-,24-,25-,26-/m0/s1. The Balaban J connectivity index is 1.56. The van der Waals surface area contributed by atoms with Crippen molar-refractivity contribution >= 4 is 11.6 Å². The maximum atomic E-state index is 13.3. The van der Waals surface area contributed by atoms with Gasteiger partial charge in [0.1, 0.15) is 5.78 Å². The minimum atomic E-state index is -0.0690. The Morgan fingerprint density at radius 1 is 1.04 bits per heavy atom. The lowest BCUT2D eigenvalue weighted by Gasteiger charge is -2.61. The van der Waals surface area contributed by atoms with Crippen LogP contribution in [0.3, 0.4) is 0 Å². The lowest BCUT2D eigenvalue weighted by atomic mass is 9.42. The van der Waals surface area contributed by atoms with Crippen LogP contribution >= 0.6 is 0 Å². The summed E-state index contributed by atoms with van der Waals surface area (Å²) in [6, 6.07) is 0. The largest absolute Gasteiger partial charge is 0.299 e. The van der Waals surface area contributed by atoms with Crippen LogP contribution in [0.5, 0.6) is 0 Å². The number of carbonyl (C=O) groups excluding carboxylic acids is 2. The van der Waals surface area contributed by atoms with Crippen LogP contribution in [0.4, 0.5) is 0 Å². The highest BCUT2D eigenvalue weighted by Crippen LogP contribution is 2.75. The van der Waals surface area contributed by atoms with Gasteiger partial charge in [-0.25, -0.2) is 0 Å². The van der Waals surface area contributed by atoms with Crippen LogP contribution < -0.4 is 0 Å². The van der Waals surface area contributed by atoms with Gasteiger partial charge in [0.15, 0.2) is 5.78 Å². The molecule has 0 spiro atoms. The second-order valence-electron chi connectivity index (χ2n) is 11.6. The number of fused-ring (bicyclic) bond motifs is 7. The van der Waals surface area contributed by atoms with Gasteiger partial charge in [-0.1, -0.05) is 32.8 Å². The molecule has 5 aliphatic rings. The van der Waals surface area contributed by atoms with E-state index in [2.05, 4.69) is 20.8 Å². The molecule has 0 amide bonds. The summed E-state index contributed by atoms with van der Waals surface area (Å²) in [6.45, 7) is 9.30. The van der Waals surface area contributed by atoms with Crippen LogP contribution in [-0.4, -0.2) is 11.6 Å². The highest BCUT2D eigenvalue weighted by atomic mass is 16.1. The number of Topliss-reactive ketones (excluding diaryl/α,β-unsaturated/α-hetero) is 1. The number of ketones is 2. The zero-order valence-electron chi connectivity index (χ0n) is 18.4. The van der Waals surface area contributed by atoms with Crippen LogP contribution in [0.25, 0.3) is 0 Å². The Kier molecular flexibility index (Phi) is 4.12. The zero-order valence-corrected chi connectivity index (χ0v) is 18.4. The van der Waals surface area contributed by atoms with Crippen molar-refractivity contribution in [3.05, 3.63) is 11.6 Å². The van der Waals surface area contributed by atoms with Crippen molar-refractivity contribution in [2.45, 2.75) is 91.9 Å². The van der Waals surface area contributed by atoms with Gasteiger partial charge in [0.2, 0.25) is 0 Å². The molecule has 4 saturated carbocycles. The molecule has 0 aromatic carbocycles. The van der Waals surface area contributed by atoms with Crippen molar-refractivity contribution in [2.24, 2.45) is 45.8 Å². The Labute approximate surface area is 170 Å². The van der Waals surface area contributed by atoms with E-state index in [1.54, 1.807) is 0 Å². The zero-order chi connectivity index (χ0) is 19.9. The molecule has 0 heterocycles. The van der Waals surface area contributed by atoms with Crippen LogP contribution in [0.2, 0.25) is 0 Å². The molecule has 0 saturated heterocycles. The molecule has 5 rings (SSSR count). The first-order chi connectivity index (χ1) is 13.2. The smallest absolute Gasteiger partial charge is 0.155 e. The van der Waals surface area contributed by atoms with Crippen molar-refractivity contribution in [2.75, 3.05) is 0 Å². The Morgan fingerprint density at radius 3 is 2.57 bits per heavy atom. The molecule has 8 atom stereocenters. The third-order valence-electron chi connectivity index (χ3n) is 11.0. The first-order valence-electron chi connectivity index (χ1n) is 12.0. The number of hydrogen-bond acceptors (Lipinski definition) is 2. The quantitative estimate of drug-likeness (QED) is 0.546. The SMILES string of the molecule is CC(=O)[C@]12[C@H](CCC[C@@H]1C)C[C@H]1[C@@H]3CCC4=CC(=O)CC[C@]4(C)[C@H]3CC[C@@]12C. The van der Waals surface area contributed by atoms with E-state index in [0.717, 1.165) is 31.1 Å². The number of rotatable bonds is 1. The fourth-order valence-electron chi connectivity index (χ4n) is 10.0. The van der Waals surface area contributed by atoms with Crippen LogP contribution in [0.1, 0.15) is 91.9 Å². The highest BCUT2D eigenvalue weighted by Gasteiger charge is 2.70. The summed E-state index contributed by atoms with van der Waals surface area (Å²) in [4.78, 5) is 25.4. The van der Waals surface area contributed by atoms with Gasteiger partial charge in [-0.05, 0) is 105 Å². The van der Waals surface area contributed by atoms with E-state index in [1.165, 1.54) is 50.5 Å². The van der Waals surface area contributed by atoms with Crippen molar-refractivity contribution < 1.29 is 9.59 Å². The van der Waals surface area contributed by atoms with Gasteiger partial charge in [0.25, 0.3) is 0 Å². The van der Waals surface area contributed by atoms with Gasteiger partial charge in [-0.3, -0.25) is 9.59 Å². The predicted octanol–water partition coefficient (Wildman–Crippen LogP) is 6.14. The summed E-state index contributed by atoms with van der Waals surface area (Å²) in [5.41, 5.74) is 1.81. The van der Waals surface area contributed by atoms with Gasteiger partial charge < -0.3 is 0 Å². The molecule has 0 aromatic heterocycles. The van der Waals surface area contributed by atoms with Crippen LogP contribution in [0, 0.1) is 45.8 Å². The summed E-state index contributed by atoms with van der Waals surface area (Å²) >= 11 is 0. The monoisotopic (exact) mass is 382 g/mol. The van der Waals surface area contributed by atoms with Gasteiger partial charge >= 0.3 is 0 Å². The topological polar surface area (TPSA) is 34.1 Å². The number of hydrogen-bond donors (Lipinski definition) is 0. The second-order valence-corrected chi connectivity index (χ2v) is 11.6. The predicted molar refractivity (Wildman–Crippen MR) is 112 cm³/mol. The molecular weight excluding hydrogens is 344 g/mol. The molecule has 4 fully saturated rings. The number of carbonyl (C=O) groups is 2. The summed E-state index contributed by atoms with van der Waals surface area (Å²) in [5.74, 6) is 4.18. The highest BCUT2D eigenvalue weighted by molar-refractivity contribution is 5.91. The molecule has 5 aliphatic carbocycles. The molecular formula is C26H38O2.